The fourth-order valence-electron chi connectivity index (χ4n) is 9.19. The maximum atomic E-state index is 2.57. The highest BCUT2D eigenvalue weighted by molar-refractivity contribution is 6.22. The molecule has 0 spiro atoms. The van der Waals surface area contributed by atoms with Crippen LogP contribution in [0.25, 0.3) is 76.8 Å². The molecule has 1 atom stereocenters. The molecule has 0 amide bonds. The summed E-state index contributed by atoms with van der Waals surface area (Å²) in [7, 11) is 0. The zero-order valence-electron chi connectivity index (χ0n) is 28.2. The summed E-state index contributed by atoms with van der Waals surface area (Å²) in [6.45, 7) is 0. The highest BCUT2D eigenvalue weighted by Gasteiger charge is 2.37. The van der Waals surface area contributed by atoms with Crippen molar-refractivity contribution in [2.45, 2.75) is 6.04 Å². The molecule has 0 saturated heterocycles. The molecule has 4 nitrogen and oxygen atoms in total. The van der Waals surface area contributed by atoms with Crippen molar-refractivity contribution in [2.24, 2.45) is 0 Å². The number of benzene rings is 7. The van der Waals surface area contributed by atoms with Gasteiger partial charge >= 0.3 is 0 Å². The van der Waals surface area contributed by atoms with E-state index in [1.54, 1.807) is 0 Å². The van der Waals surface area contributed by atoms with E-state index in [2.05, 4.69) is 200 Å². The first-order chi connectivity index (χ1) is 25.8. The number of aromatic nitrogens is 3. The zero-order chi connectivity index (χ0) is 33.9. The first kappa shape index (κ1) is 27.9. The van der Waals surface area contributed by atoms with E-state index in [4.69, 9.17) is 0 Å². The number of hydrogen-bond donors (Lipinski definition) is 0. The smallest absolute Gasteiger partial charge is 0.235 e. The lowest BCUT2D eigenvalue weighted by molar-refractivity contribution is 0.781. The Balaban J connectivity index is 1.10. The normalized spacial score (nSPS) is 15.3. The molecule has 0 saturated carbocycles. The summed E-state index contributed by atoms with van der Waals surface area (Å²) in [6.07, 6.45) is 9.01. The molecule has 0 bridgehead atoms. The first-order valence-electron chi connectivity index (χ1n) is 18.0. The minimum absolute atomic E-state index is 0.0453. The maximum Gasteiger partial charge on any atom is 0.235 e. The summed E-state index contributed by atoms with van der Waals surface area (Å²) in [6, 6.07) is 57.8. The quantitative estimate of drug-likeness (QED) is 0.168. The van der Waals surface area contributed by atoms with Gasteiger partial charge in [0.1, 0.15) is 11.6 Å². The zero-order valence-corrected chi connectivity index (χ0v) is 28.2. The lowest BCUT2D eigenvalue weighted by Crippen LogP contribution is -2.30. The van der Waals surface area contributed by atoms with Crippen LogP contribution in [-0.4, -0.2) is 19.4 Å². The molecule has 3 aromatic heterocycles. The summed E-state index contributed by atoms with van der Waals surface area (Å²) >= 11 is 0. The van der Waals surface area contributed by atoms with E-state index in [-0.39, 0.29) is 6.04 Å². The first-order valence-corrected chi connectivity index (χ1v) is 18.0. The number of hydrogen-bond acceptors (Lipinski definition) is 0. The summed E-state index contributed by atoms with van der Waals surface area (Å²) in [5, 5.41) is 7.66. The minimum Gasteiger partial charge on any atom is -0.318 e. The summed E-state index contributed by atoms with van der Waals surface area (Å²) in [5.41, 5.74) is 13.3. The Morgan fingerprint density at radius 3 is 1.71 bits per heavy atom. The van der Waals surface area contributed by atoms with Crippen molar-refractivity contribution >= 4 is 82.5 Å². The van der Waals surface area contributed by atoms with Crippen LogP contribution in [0.15, 0.2) is 182 Å². The molecule has 10 aromatic rings. The Labute approximate surface area is 299 Å². The van der Waals surface area contributed by atoms with Crippen LogP contribution in [0, 0.1) is 0 Å². The van der Waals surface area contributed by atoms with E-state index in [9.17, 15) is 0 Å². The SMILES string of the molecule is C1=CC2=[N+](c3ccc(-n4c5ccccc5c5ccccc54)cc3)c3cccc4c5cc6c7ccccc7n(-c7ccccc7)c6cc5n(c34)C2C=C1. The van der Waals surface area contributed by atoms with Crippen LogP contribution < -0.4 is 4.58 Å². The predicted molar refractivity (Wildman–Crippen MR) is 218 cm³/mol. The van der Waals surface area contributed by atoms with Gasteiger partial charge in [0.2, 0.25) is 17.1 Å². The Morgan fingerprint density at radius 2 is 1.00 bits per heavy atom. The van der Waals surface area contributed by atoms with Crippen molar-refractivity contribution in [3.63, 3.8) is 0 Å². The fraction of sp³-hybridized carbons (Fsp3) is 0.0208. The highest BCUT2D eigenvalue weighted by Crippen LogP contribution is 2.46. The van der Waals surface area contributed by atoms with Crippen molar-refractivity contribution in [2.75, 3.05) is 0 Å². The molecule has 1 unspecified atom stereocenters. The second kappa shape index (κ2) is 10.3. The maximum absolute atomic E-state index is 2.57. The molecule has 242 valence electrons. The molecule has 1 aliphatic carbocycles. The van der Waals surface area contributed by atoms with Crippen LogP contribution in [0.4, 0.5) is 11.4 Å². The van der Waals surface area contributed by atoms with Crippen molar-refractivity contribution in [1.29, 1.82) is 0 Å². The van der Waals surface area contributed by atoms with Crippen molar-refractivity contribution < 1.29 is 0 Å². The standard InChI is InChI=1S/C48H31N4/c1-2-13-31(14-3-1)50-42-21-9-6-17-36(42)38-29-39-37-18-12-24-45-48(37)52(47(39)30-46(38)50)44-23-11-10-22-43(44)51(45)33-27-25-32(26-28-33)49-40-19-7-4-15-34(40)35-16-5-8-20-41(35)49/h1-30,44H/q+1. The predicted octanol–water partition coefficient (Wildman–Crippen LogP) is 11.9. The Kier molecular flexibility index (Phi) is 5.53. The molecule has 0 fully saturated rings. The van der Waals surface area contributed by atoms with Crippen molar-refractivity contribution in [1.82, 2.24) is 18.3 Å². The van der Waals surface area contributed by atoms with Crippen LogP contribution in [-0.2, 0) is 0 Å². The van der Waals surface area contributed by atoms with E-state index < -0.39 is 0 Å². The van der Waals surface area contributed by atoms with Gasteiger partial charge in [0, 0.05) is 68.0 Å². The number of rotatable bonds is 3. The van der Waals surface area contributed by atoms with Crippen molar-refractivity contribution in [3.8, 4) is 11.4 Å². The minimum atomic E-state index is 0.0453. The van der Waals surface area contributed by atoms with E-state index in [1.165, 1.54) is 82.5 Å². The molecular weight excluding hydrogens is 633 g/mol. The van der Waals surface area contributed by atoms with Crippen LogP contribution in [0.3, 0.4) is 0 Å². The van der Waals surface area contributed by atoms with Gasteiger partial charge in [-0.3, -0.25) is 0 Å². The number of para-hydroxylation sites is 5. The molecular formula is C48H31N4+. The van der Waals surface area contributed by atoms with Crippen LogP contribution >= 0.6 is 0 Å². The summed E-state index contributed by atoms with van der Waals surface area (Å²) < 4.78 is 9.86. The average molecular weight is 664 g/mol. The molecule has 12 rings (SSSR count). The Bertz CT molecular complexity index is 3170. The Morgan fingerprint density at radius 1 is 0.423 bits per heavy atom. The molecule has 4 heterocycles. The van der Waals surface area contributed by atoms with E-state index in [1.807, 2.05) is 0 Å². The third-order valence-corrected chi connectivity index (χ3v) is 11.3. The second-order valence-corrected chi connectivity index (χ2v) is 14.0. The molecule has 4 heteroatoms. The topological polar surface area (TPSA) is 17.8 Å². The third-order valence-electron chi connectivity index (χ3n) is 11.3. The molecule has 1 aliphatic heterocycles. The van der Waals surface area contributed by atoms with Gasteiger partial charge in [0.15, 0.2) is 0 Å². The van der Waals surface area contributed by atoms with Gasteiger partial charge in [-0.05, 0) is 54.6 Å². The molecule has 0 radical (unpaired) electrons. The fourth-order valence-corrected chi connectivity index (χ4v) is 9.19. The van der Waals surface area contributed by atoms with E-state index in [0.29, 0.717) is 0 Å². The highest BCUT2D eigenvalue weighted by atomic mass is 15.2. The molecule has 0 N–H and O–H groups in total. The van der Waals surface area contributed by atoms with Gasteiger partial charge in [-0.25, -0.2) is 0 Å². The van der Waals surface area contributed by atoms with Crippen molar-refractivity contribution in [3.05, 3.63) is 182 Å². The van der Waals surface area contributed by atoms with Gasteiger partial charge in [-0.15, -0.1) is 0 Å². The van der Waals surface area contributed by atoms with Crippen LogP contribution in [0.5, 0.6) is 0 Å². The van der Waals surface area contributed by atoms with Crippen LogP contribution in [0.1, 0.15) is 6.04 Å². The molecule has 7 aromatic carbocycles. The largest absolute Gasteiger partial charge is 0.318 e. The van der Waals surface area contributed by atoms with Gasteiger partial charge in [-0.1, -0.05) is 103 Å². The lowest BCUT2D eigenvalue weighted by Gasteiger charge is -2.24. The number of fused-ring (bicyclic) bond motifs is 11. The number of nitrogens with zero attached hydrogens (tertiary/aromatic N) is 4. The van der Waals surface area contributed by atoms with Gasteiger partial charge < -0.3 is 13.7 Å². The van der Waals surface area contributed by atoms with Gasteiger partial charge in [-0.2, -0.15) is 4.58 Å². The van der Waals surface area contributed by atoms with Crippen LogP contribution in [0.2, 0.25) is 0 Å². The molecule has 52 heavy (non-hydrogen) atoms. The van der Waals surface area contributed by atoms with Gasteiger partial charge in [0.25, 0.3) is 0 Å². The third kappa shape index (κ3) is 3.63. The molecule has 2 aliphatic rings. The summed E-state index contributed by atoms with van der Waals surface area (Å²) in [5.74, 6) is 0. The second-order valence-electron chi connectivity index (χ2n) is 14.0. The van der Waals surface area contributed by atoms with E-state index >= 15 is 0 Å². The van der Waals surface area contributed by atoms with Gasteiger partial charge in [0.05, 0.1) is 27.6 Å². The van der Waals surface area contributed by atoms with E-state index in [0.717, 1.165) is 11.4 Å². The monoisotopic (exact) mass is 663 g/mol. The average Bonchev–Trinajstić information content (AvgIpc) is 3.84. The lowest BCUT2D eigenvalue weighted by atomic mass is 10.0. The summed E-state index contributed by atoms with van der Waals surface area (Å²) in [4.78, 5) is 0. The Hall–Kier alpha value is -6.91. The number of allylic oxidation sites excluding steroid dienone is 4.